The lowest BCUT2D eigenvalue weighted by Crippen LogP contribution is -2.23. The topological polar surface area (TPSA) is 38.3 Å². The van der Waals surface area contributed by atoms with Crippen LogP contribution in [0.1, 0.15) is 23.1 Å². The van der Waals surface area contributed by atoms with E-state index in [1.54, 1.807) is 30.3 Å². The minimum atomic E-state index is -0.286. The van der Waals surface area contributed by atoms with Gasteiger partial charge in [0.25, 0.3) is 0 Å². The molecule has 0 heterocycles. The molecular weight excluding hydrogens is 360 g/mol. The summed E-state index contributed by atoms with van der Waals surface area (Å²) in [4.78, 5) is 12.0. The van der Waals surface area contributed by atoms with Crippen LogP contribution in [0.15, 0.2) is 72.8 Å². The van der Waals surface area contributed by atoms with Crippen LogP contribution in [0.5, 0.6) is 5.75 Å². The molecule has 0 fully saturated rings. The van der Waals surface area contributed by atoms with Gasteiger partial charge in [-0.05, 0) is 53.4 Å². The summed E-state index contributed by atoms with van der Waals surface area (Å²) >= 11 is 0. The fourth-order valence-corrected chi connectivity index (χ4v) is 2.69. The van der Waals surface area contributed by atoms with Gasteiger partial charge in [0, 0.05) is 13.0 Å². The molecule has 0 aliphatic heterocycles. The maximum atomic E-state index is 13.6. The number of halogens is 2. The summed E-state index contributed by atoms with van der Waals surface area (Å²) in [5, 5.41) is 2.83. The van der Waals surface area contributed by atoms with Crippen LogP contribution in [-0.2, 0) is 24.4 Å². The molecule has 0 saturated heterocycles. The van der Waals surface area contributed by atoms with Gasteiger partial charge in [-0.2, -0.15) is 0 Å². The monoisotopic (exact) mass is 381 g/mol. The summed E-state index contributed by atoms with van der Waals surface area (Å²) < 4.78 is 32.1. The Morgan fingerprint density at radius 2 is 1.54 bits per heavy atom. The molecule has 0 bridgehead atoms. The molecule has 28 heavy (non-hydrogen) atoms. The highest BCUT2D eigenvalue weighted by atomic mass is 19.1. The largest absolute Gasteiger partial charge is 0.489 e. The van der Waals surface area contributed by atoms with Crippen molar-refractivity contribution in [2.75, 3.05) is 0 Å². The van der Waals surface area contributed by atoms with E-state index in [-0.39, 0.29) is 24.0 Å². The van der Waals surface area contributed by atoms with Crippen molar-refractivity contribution in [3.8, 4) is 5.75 Å². The number of amides is 1. The van der Waals surface area contributed by atoms with E-state index in [9.17, 15) is 13.6 Å². The first-order valence-electron chi connectivity index (χ1n) is 9.06. The van der Waals surface area contributed by atoms with Gasteiger partial charge in [-0.3, -0.25) is 4.79 Å². The van der Waals surface area contributed by atoms with E-state index >= 15 is 0 Å². The third kappa shape index (κ3) is 5.91. The maximum Gasteiger partial charge on any atom is 0.220 e. The number of ether oxygens (including phenoxy) is 1. The van der Waals surface area contributed by atoms with Crippen LogP contribution in [0.2, 0.25) is 0 Å². The zero-order chi connectivity index (χ0) is 19.8. The van der Waals surface area contributed by atoms with Gasteiger partial charge in [0.1, 0.15) is 24.0 Å². The first-order chi connectivity index (χ1) is 13.6. The molecule has 0 atom stereocenters. The quantitative estimate of drug-likeness (QED) is 0.609. The van der Waals surface area contributed by atoms with Crippen LogP contribution < -0.4 is 10.1 Å². The van der Waals surface area contributed by atoms with E-state index in [2.05, 4.69) is 5.32 Å². The average molecular weight is 381 g/mol. The van der Waals surface area contributed by atoms with Gasteiger partial charge in [-0.1, -0.05) is 42.5 Å². The van der Waals surface area contributed by atoms with Crippen molar-refractivity contribution in [2.45, 2.75) is 26.0 Å². The molecule has 0 aliphatic carbocycles. The first kappa shape index (κ1) is 19.5. The Labute approximate surface area is 163 Å². The van der Waals surface area contributed by atoms with Crippen molar-refractivity contribution in [2.24, 2.45) is 0 Å². The van der Waals surface area contributed by atoms with Gasteiger partial charge in [0.15, 0.2) is 0 Å². The predicted octanol–water partition coefficient (Wildman–Crippen LogP) is 4.79. The number of carbonyl (C=O) groups excluding carboxylic acids is 1. The second-order valence-corrected chi connectivity index (χ2v) is 6.43. The van der Waals surface area contributed by atoms with E-state index in [0.29, 0.717) is 30.9 Å². The zero-order valence-corrected chi connectivity index (χ0v) is 15.3. The van der Waals surface area contributed by atoms with Crippen LogP contribution in [0.25, 0.3) is 0 Å². The van der Waals surface area contributed by atoms with E-state index in [0.717, 1.165) is 11.1 Å². The highest BCUT2D eigenvalue weighted by molar-refractivity contribution is 5.76. The minimum absolute atomic E-state index is 0.125. The van der Waals surface area contributed by atoms with E-state index < -0.39 is 0 Å². The highest BCUT2D eigenvalue weighted by Crippen LogP contribution is 2.15. The molecule has 3 rings (SSSR count). The molecule has 5 heteroatoms. The lowest BCUT2D eigenvalue weighted by molar-refractivity contribution is -0.121. The molecule has 144 valence electrons. The van der Waals surface area contributed by atoms with Crippen LogP contribution in [0.4, 0.5) is 8.78 Å². The fourth-order valence-electron chi connectivity index (χ4n) is 2.69. The van der Waals surface area contributed by atoms with Crippen molar-refractivity contribution >= 4 is 5.91 Å². The van der Waals surface area contributed by atoms with E-state index in [1.807, 2.05) is 24.3 Å². The molecule has 1 N–H and O–H groups in total. The lowest BCUT2D eigenvalue weighted by Gasteiger charge is -2.09. The Morgan fingerprint density at radius 1 is 0.857 bits per heavy atom. The molecule has 3 aromatic carbocycles. The van der Waals surface area contributed by atoms with Crippen molar-refractivity contribution in [1.29, 1.82) is 0 Å². The SMILES string of the molecule is O=C(CCc1ccccc1F)NCc1ccc(OCc2ccc(F)cc2)cc1. The molecular formula is C23H21F2NO2. The van der Waals surface area contributed by atoms with Crippen molar-refractivity contribution in [3.05, 3.63) is 101 Å². The Balaban J connectivity index is 1.41. The van der Waals surface area contributed by atoms with Crippen LogP contribution in [0, 0.1) is 11.6 Å². The Hall–Kier alpha value is -3.21. The van der Waals surface area contributed by atoms with Gasteiger partial charge >= 0.3 is 0 Å². The molecule has 0 aromatic heterocycles. The van der Waals surface area contributed by atoms with E-state index in [4.69, 9.17) is 4.74 Å². The summed E-state index contributed by atoms with van der Waals surface area (Å²) in [5.74, 6) is 0.00872. The third-order valence-corrected chi connectivity index (χ3v) is 4.31. The number of nitrogens with one attached hydrogen (secondary N) is 1. The van der Waals surface area contributed by atoms with Crippen LogP contribution in [-0.4, -0.2) is 5.91 Å². The zero-order valence-electron chi connectivity index (χ0n) is 15.3. The molecule has 0 aliphatic rings. The van der Waals surface area contributed by atoms with Gasteiger partial charge in [-0.15, -0.1) is 0 Å². The van der Waals surface area contributed by atoms with Crippen LogP contribution in [0.3, 0.4) is 0 Å². The molecule has 3 aromatic rings. The normalized spacial score (nSPS) is 10.5. The molecule has 0 saturated carbocycles. The second-order valence-electron chi connectivity index (χ2n) is 6.43. The number of hydrogen-bond acceptors (Lipinski definition) is 2. The number of aryl methyl sites for hydroxylation is 1. The molecule has 0 radical (unpaired) electrons. The standard InChI is InChI=1S/C23H21F2NO2/c24-20-10-5-18(6-11-20)16-28-21-12-7-17(8-13-21)15-26-23(27)14-9-19-3-1-2-4-22(19)25/h1-8,10-13H,9,14-16H2,(H,26,27). The molecule has 0 unspecified atom stereocenters. The second kappa shape index (κ2) is 9.65. The van der Waals surface area contributed by atoms with Crippen molar-refractivity contribution < 1.29 is 18.3 Å². The number of benzene rings is 3. The summed E-state index contributed by atoms with van der Waals surface area (Å²) in [7, 11) is 0. The first-order valence-corrected chi connectivity index (χ1v) is 9.06. The number of rotatable bonds is 8. The smallest absolute Gasteiger partial charge is 0.220 e. The molecule has 1 amide bonds. The maximum absolute atomic E-state index is 13.6. The van der Waals surface area contributed by atoms with Gasteiger partial charge in [0.05, 0.1) is 0 Å². The number of carbonyl (C=O) groups is 1. The summed E-state index contributed by atoms with van der Waals surface area (Å²) in [6.45, 7) is 0.751. The van der Waals surface area contributed by atoms with Crippen molar-refractivity contribution in [3.63, 3.8) is 0 Å². The van der Waals surface area contributed by atoms with Gasteiger partial charge in [0.2, 0.25) is 5.91 Å². The highest BCUT2D eigenvalue weighted by Gasteiger charge is 2.06. The van der Waals surface area contributed by atoms with Gasteiger partial charge in [-0.25, -0.2) is 8.78 Å². The summed E-state index contributed by atoms with van der Waals surface area (Å²) in [6.07, 6.45) is 0.606. The van der Waals surface area contributed by atoms with Crippen molar-refractivity contribution in [1.82, 2.24) is 5.32 Å². The Bertz CT molecular complexity index is 909. The lowest BCUT2D eigenvalue weighted by atomic mass is 10.1. The van der Waals surface area contributed by atoms with Gasteiger partial charge < -0.3 is 10.1 Å². The Kier molecular flexibility index (Phi) is 6.73. The average Bonchev–Trinajstić information content (AvgIpc) is 2.72. The predicted molar refractivity (Wildman–Crippen MR) is 104 cm³/mol. The minimum Gasteiger partial charge on any atom is -0.489 e. The Morgan fingerprint density at radius 3 is 2.25 bits per heavy atom. The van der Waals surface area contributed by atoms with E-state index in [1.165, 1.54) is 18.2 Å². The summed E-state index contributed by atoms with van der Waals surface area (Å²) in [5.41, 5.74) is 2.36. The van der Waals surface area contributed by atoms with Crippen LogP contribution >= 0.6 is 0 Å². The molecule has 0 spiro atoms. The summed E-state index contributed by atoms with van der Waals surface area (Å²) in [6, 6.07) is 20.0. The third-order valence-electron chi connectivity index (χ3n) is 4.31. The number of hydrogen-bond donors (Lipinski definition) is 1. The fraction of sp³-hybridized carbons (Fsp3) is 0.174. The molecule has 3 nitrogen and oxygen atoms in total.